The maximum absolute atomic E-state index is 5.76. The third-order valence-corrected chi connectivity index (χ3v) is 3.22. The van der Waals surface area contributed by atoms with E-state index >= 15 is 0 Å². The number of benzene rings is 1. The van der Waals surface area contributed by atoms with E-state index in [1.54, 1.807) is 0 Å². The molecule has 1 saturated carbocycles. The van der Waals surface area contributed by atoms with Gasteiger partial charge in [0.2, 0.25) is 0 Å². The van der Waals surface area contributed by atoms with Crippen molar-refractivity contribution in [2.45, 2.75) is 38.7 Å². The summed E-state index contributed by atoms with van der Waals surface area (Å²) in [5.74, 6) is 0.614. The minimum absolute atomic E-state index is 0.112. The van der Waals surface area contributed by atoms with Crippen LogP contribution in [0.5, 0.6) is 0 Å². The summed E-state index contributed by atoms with van der Waals surface area (Å²) in [6, 6.07) is 8.62. The molecule has 76 valence electrons. The van der Waals surface area contributed by atoms with Gasteiger partial charge in [-0.15, -0.1) is 0 Å². The van der Waals surface area contributed by atoms with Gasteiger partial charge in [-0.05, 0) is 38.3 Å². The molecular weight excluding hydrogens is 172 g/mol. The van der Waals surface area contributed by atoms with Gasteiger partial charge in [0.1, 0.15) is 0 Å². The molecule has 1 fully saturated rings. The molecule has 0 heterocycles. The van der Waals surface area contributed by atoms with Gasteiger partial charge in [0.05, 0.1) is 5.60 Å². The quantitative estimate of drug-likeness (QED) is 0.710. The van der Waals surface area contributed by atoms with Crippen LogP contribution >= 0.6 is 0 Å². The molecule has 0 saturated heterocycles. The van der Waals surface area contributed by atoms with E-state index in [4.69, 9.17) is 4.74 Å². The molecule has 2 rings (SSSR count). The fraction of sp³-hybridized carbons (Fsp3) is 0.538. The van der Waals surface area contributed by atoms with Gasteiger partial charge < -0.3 is 4.74 Å². The summed E-state index contributed by atoms with van der Waals surface area (Å²) >= 11 is 0. The van der Waals surface area contributed by atoms with Gasteiger partial charge in [0, 0.05) is 12.5 Å². The molecule has 14 heavy (non-hydrogen) atoms. The highest BCUT2D eigenvalue weighted by Crippen LogP contribution is 2.54. The van der Waals surface area contributed by atoms with Gasteiger partial charge in [-0.2, -0.15) is 0 Å². The molecule has 0 N–H and O–H groups in total. The molecule has 0 aliphatic heterocycles. The Bertz CT molecular complexity index is 332. The molecule has 0 spiro atoms. The monoisotopic (exact) mass is 190 g/mol. The zero-order chi connectivity index (χ0) is 10.2. The van der Waals surface area contributed by atoms with E-state index in [1.807, 2.05) is 0 Å². The molecule has 1 heteroatoms. The lowest BCUT2D eigenvalue weighted by Gasteiger charge is -2.12. The minimum atomic E-state index is 0.112. The van der Waals surface area contributed by atoms with Crippen molar-refractivity contribution >= 4 is 0 Å². The Kier molecular flexibility index (Phi) is 2.36. The third kappa shape index (κ3) is 1.57. The SMILES string of the molecule is CCOC1(C)CC1c1ccccc1C. The van der Waals surface area contributed by atoms with Crippen molar-refractivity contribution in [3.8, 4) is 0 Å². The fourth-order valence-corrected chi connectivity index (χ4v) is 2.25. The molecule has 2 atom stereocenters. The van der Waals surface area contributed by atoms with Crippen LogP contribution in [0.4, 0.5) is 0 Å². The second kappa shape index (κ2) is 3.39. The maximum Gasteiger partial charge on any atom is 0.0730 e. The van der Waals surface area contributed by atoms with E-state index in [0.29, 0.717) is 5.92 Å². The lowest BCUT2D eigenvalue weighted by atomic mass is 10.0. The third-order valence-electron chi connectivity index (χ3n) is 3.22. The normalized spacial score (nSPS) is 30.4. The van der Waals surface area contributed by atoms with E-state index in [9.17, 15) is 0 Å². The molecule has 1 aliphatic rings. The summed E-state index contributed by atoms with van der Waals surface area (Å²) in [4.78, 5) is 0. The number of aryl methyl sites for hydroxylation is 1. The van der Waals surface area contributed by atoms with Gasteiger partial charge in [-0.3, -0.25) is 0 Å². The van der Waals surface area contributed by atoms with E-state index in [-0.39, 0.29) is 5.60 Å². The molecule has 1 nitrogen and oxygen atoms in total. The van der Waals surface area contributed by atoms with Crippen LogP contribution in [0.15, 0.2) is 24.3 Å². The van der Waals surface area contributed by atoms with Crippen LogP contribution in [0, 0.1) is 6.92 Å². The summed E-state index contributed by atoms with van der Waals surface area (Å²) in [5, 5.41) is 0. The Balaban J connectivity index is 2.16. The Morgan fingerprint density at radius 1 is 1.43 bits per heavy atom. The van der Waals surface area contributed by atoms with E-state index in [0.717, 1.165) is 6.61 Å². The molecule has 2 unspecified atom stereocenters. The highest BCUT2D eigenvalue weighted by molar-refractivity contribution is 5.36. The zero-order valence-corrected chi connectivity index (χ0v) is 9.21. The Hall–Kier alpha value is -0.820. The first-order valence-electron chi connectivity index (χ1n) is 5.37. The number of hydrogen-bond donors (Lipinski definition) is 0. The standard InChI is InChI=1S/C13H18O/c1-4-14-13(3)9-12(13)11-8-6-5-7-10(11)2/h5-8,12H,4,9H2,1-3H3. The van der Waals surface area contributed by atoms with Crippen LogP contribution in [0.3, 0.4) is 0 Å². The Labute approximate surface area is 86.1 Å². The van der Waals surface area contributed by atoms with Crippen LogP contribution in [0.1, 0.15) is 37.3 Å². The number of ether oxygens (including phenoxy) is 1. The summed E-state index contributed by atoms with van der Waals surface area (Å²) in [5.41, 5.74) is 2.96. The molecule has 0 amide bonds. The van der Waals surface area contributed by atoms with Crippen molar-refractivity contribution < 1.29 is 4.74 Å². The largest absolute Gasteiger partial charge is 0.375 e. The van der Waals surface area contributed by atoms with Crippen LogP contribution in [0.25, 0.3) is 0 Å². The van der Waals surface area contributed by atoms with Crippen molar-refractivity contribution in [1.82, 2.24) is 0 Å². The predicted octanol–water partition coefficient (Wildman–Crippen LogP) is 3.28. The highest BCUT2D eigenvalue weighted by atomic mass is 16.5. The minimum Gasteiger partial charge on any atom is -0.375 e. The summed E-state index contributed by atoms with van der Waals surface area (Å²) in [7, 11) is 0. The lowest BCUT2D eigenvalue weighted by Crippen LogP contribution is -2.11. The molecule has 1 aromatic carbocycles. The van der Waals surface area contributed by atoms with E-state index in [2.05, 4.69) is 45.0 Å². The summed E-state index contributed by atoms with van der Waals surface area (Å²) < 4.78 is 5.76. The van der Waals surface area contributed by atoms with E-state index in [1.165, 1.54) is 17.5 Å². The molecular formula is C13H18O. The van der Waals surface area contributed by atoms with Crippen LogP contribution in [0.2, 0.25) is 0 Å². The van der Waals surface area contributed by atoms with Crippen molar-refractivity contribution in [2.75, 3.05) is 6.61 Å². The van der Waals surface area contributed by atoms with E-state index < -0.39 is 0 Å². The maximum atomic E-state index is 5.76. The first-order chi connectivity index (χ1) is 6.67. The van der Waals surface area contributed by atoms with Gasteiger partial charge in [0.25, 0.3) is 0 Å². The molecule has 0 aromatic heterocycles. The fourth-order valence-electron chi connectivity index (χ4n) is 2.25. The van der Waals surface area contributed by atoms with Gasteiger partial charge in [0.15, 0.2) is 0 Å². The van der Waals surface area contributed by atoms with Crippen LogP contribution in [-0.4, -0.2) is 12.2 Å². The molecule has 0 bridgehead atoms. The van der Waals surface area contributed by atoms with Crippen molar-refractivity contribution in [2.24, 2.45) is 0 Å². The van der Waals surface area contributed by atoms with Crippen molar-refractivity contribution in [3.63, 3.8) is 0 Å². The van der Waals surface area contributed by atoms with Crippen molar-refractivity contribution in [3.05, 3.63) is 35.4 Å². The van der Waals surface area contributed by atoms with Crippen LogP contribution < -0.4 is 0 Å². The second-order valence-corrected chi connectivity index (χ2v) is 4.36. The van der Waals surface area contributed by atoms with Crippen LogP contribution in [-0.2, 0) is 4.74 Å². The molecule has 1 aromatic rings. The molecule has 0 radical (unpaired) electrons. The molecule has 1 aliphatic carbocycles. The summed E-state index contributed by atoms with van der Waals surface area (Å²) in [6.07, 6.45) is 1.17. The van der Waals surface area contributed by atoms with Gasteiger partial charge in [-0.1, -0.05) is 24.3 Å². The Morgan fingerprint density at radius 3 is 2.79 bits per heavy atom. The highest BCUT2D eigenvalue weighted by Gasteiger charge is 2.52. The summed E-state index contributed by atoms with van der Waals surface area (Å²) in [6.45, 7) is 7.28. The first-order valence-corrected chi connectivity index (χ1v) is 5.37. The van der Waals surface area contributed by atoms with Gasteiger partial charge >= 0.3 is 0 Å². The average Bonchev–Trinajstić information content (AvgIpc) is 2.79. The van der Waals surface area contributed by atoms with Crippen molar-refractivity contribution in [1.29, 1.82) is 0 Å². The zero-order valence-electron chi connectivity index (χ0n) is 9.21. The number of hydrogen-bond acceptors (Lipinski definition) is 1. The first kappa shape index (κ1) is 9.72. The topological polar surface area (TPSA) is 9.23 Å². The second-order valence-electron chi connectivity index (χ2n) is 4.36. The van der Waals surface area contributed by atoms with Gasteiger partial charge in [-0.25, -0.2) is 0 Å². The number of rotatable bonds is 3. The predicted molar refractivity (Wildman–Crippen MR) is 58.6 cm³/mol. The Morgan fingerprint density at radius 2 is 2.14 bits per heavy atom. The smallest absolute Gasteiger partial charge is 0.0730 e. The lowest BCUT2D eigenvalue weighted by molar-refractivity contribution is 0.0513. The average molecular weight is 190 g/mol.